The summed E-state index contributed by atoms with van der Waals surface area (Å²) in [6.07, 6.45) is 1.98. The molecular weight excluding hydrogens is 308 g/mol. The van der Waals surface area contributed by atoms with Crippen LogP contribution in [0.1, 0.15) is 15.9 Å². The van der Waals surface area contributed by atoms with Gasteiger partial charge in [0.1, 0.15) is 5.75 Å². The van der Waals surface area contributed by atoms with E-state index in [9.17, 15) is 13.6 Å². The van der Waals surface area contributed by atoms with Crippen LogP contribution in [0.5, 0.6) is 5.75 Å². The van der Waals surface area contributed by atoms with Crippen molar-refractivity contribution >= 4 is 17.7 Å². The molecule has 22 heavy (non-hydrogen) atoms. The van der Waals surface area contributed by atoms with E-state index in [1.807, 2.05) is 30.5 Å². The summed E-state index contributed by atoms with van der Waals surface area (Å²) in [5, 5.41) is 2.70. The quantitative estimate of drug-likeness (QED) is 0.818. The molecule has 0 aliphatic carbocycles. The number of rotatable bonds is 6. The first-order chi connectivity index (χ1) is 10.6. The molecule has 0 unspecified atom stereocenters. The minimum absolute atomic E-state index is 0.0866. The fraction of sp³-hybridized carbons (Fsp3) is 0.188. The van der Waals surface area contributed by atoms with Crippen LogP contribution < -0.4 is 10.1 Å². The van der Waals surface area contributed by atoms with Gasteiger partial charge in [-0.15, -0.1) is 11.8 Å². The first-order valence-corrected chi connectivity index (χ1v) is 7.77. The van der Waals surface area contributed by atoms with Crippen molar-refractivity contribution in [2.45, 2.75) is 18.1 Å². The number of carbonyl (C=O) groups excluding carboxylic acids is 1. The minimum Gasteiger partial charge on any atom is -0.434 e. The van der Waals surface area contributed by atoms with Crippen LogP contribution in [0.4, 0.5) is 8.78 Å². The summed E-state index contributed by atoms with van der Waals surface area (Å²) in [6.45, 7) is -2.65. The highest BCUT2D eigenvalue weighted by atomic mass is 32.2. The Labute approximate surface area is 131 Å². The fourth-order valence-electron chi connectivity index (χ4n) is 1.87. The van der Waals surface area contributed by atoms with Crippen LogP contribution in [0.15, 0.2) is 53.4 Å². The van der Waals surface area contributed by atoms with Crippen molar-refractivity contribution in [3.63, 3.8) is 0 Å². The van der Waals surface area contributed by atoms with E-state index in [-0.39, 0.29) is 11.3 Å². The maximum absolute atomic E-state index is 12.3. The zero-order valence-corrected chi connectivity index (χ0v) is 12.7. The van der Waals surface area contributed by atoms with Gasteiger partial charge in [-0.3, -0.25) is 4.79 Å². The zero-order chi connectivity index (χ0) is 15.9. The number of carbonyl (C=O) groups is 1. The van der Waals surface area contributed by atoms with E-state index in [0.717, 1.165) is 10.5 Å². The summed E-state index contributed by atoms with van der Waals surface area (Å²) in [5.41, 5.74) is 1.02. The van der Waals surface area contributed by atoms with Crippen molar-refractivity contribution in [2.24, 2.45) is 0 Å². The van der Waals surface area contributed by atoms with Crippen molar-refractivity contribution in [1.82, 2.24) is 5.32 Å². The highest BCUT2D eigenvalue weighted by molar-refractivity contribution is 7.98. The van der Waals surface area contributed by atoms with Crippen LogP contribution in [0, 0.1) is 0 Å². The number of nitrogens with one attached hydrogen (secondary N) is 1. The van der Waals surface area contributed by atoms with Gasteiger partial charge in [0, 0.05) is 11.4 Å². The molecule has 6 heteroatoms. The van der Waals surface area contributed by atoms with Crippen molar-refractivity contribution in [1.29, 1.82) is 0 Å². The summed E-state index contributed by atoms with van der Waals surface area (Å²) in [7, 11) is 0. The maximum atomic E-state index is 12.3. The van der Waals surface area contributed by atoms with Gasteiger partial charge >= 0.3 is 6.61 Å². The molecule has 0 radical (unpaired) electrons. The molecule has 2 rings (SSSR count). The summed E-state index contributed by atoms with van der Waals surface area (Å²) >= 11 is 1.63. The molecule has 2 aromatic carbocycles. The van der Waals surface area contributed by atoms with Gasteiger partial charge in [0.05, 0.1) is 5.56 Å². The van der Waals surface area contributed by atoms with E-state index >= 15 is 0 Å². The number of amides is 1. The van der Waals surface area contributed by atoms with E-state index in [1.165, 1.54) is 18.2 Å². The topological polar surface area (TPSA) is 38.3 Å². The average Bonchev–Trinajstić information content (AvgIpc) is 2.53. The smallest absolute Gasteiger partial charge is 0.387 e. The fourth-order valence-corrected chi connectivity index (χ4v) is 2.28. The van der Waals surface area contributed by atoms with E-state index in [1.54, 1.807) is 17.8 Å². The molecule has 0 spiro atoms. The zero-order valence-electron chi connectivity index (χ0n) is 11.9. The summed E-state index contributed by atoms with van der Waals surface area (Å²) in [5.74, 6) is -0.585. The average molecular weight is 323 g/mol. The van der Waals surface area contributed by atoms with E-state index < -0.39 is 12.5 Å². The van der Waals surface area contributed by atoms with Gasteiger partial charge in [0.15, 0.2) is 0 Å². The Morgan fingerprint density at radius 2 is 1.86 bits per heavy atom. The third-order valence-corrected chi connectivity index (χ3v) is 3.70. The van der Waals surface area contributed by atoms with Crippen LogP contribution in [0.25, 0.3) is 0 Å². The third kappa shape index (κ3) is 4.46. The Morgan fingerprint density at radius 1 is 1.18 bits per heavy atom. The number of alkyl halides is 2. The molecule has 116 valence electrons. The summed E-state index contributed by atoms with van der Waals surface area (Å²) in [6, 6.07) is 13.7. The van der Waals surface area contributed by atoms with E-state index in [0.29, 0.717) is 6.54 Å². The van der Waals surface area contributed by atoms with Crippen LogP contribution in [-0.2, 0) is 6.54 Å². The molecule has 0 atom stereocenters. The van der Waals surface area contributed by atoms with Crippen LogP contribution >= 0.6 is 11.8 Å². The highest BCUT2D eigenvalue weighted by Crippen LogP contribution is 2.20. The molecule has 0 saturated heterocycles. The lowest BCUT2D eigenvalue weighted by Gasteiger charge is -2.11. The molecule has 0 bridgehead atoms. The number of thioether (sulfide) groups is 1. The van der Waals surface area contributed by atoms with Crippen molar-refractivity contribution in [2.75, 3.05) is 6.26 Å². The largest absolute Gasteiger partial charge is 0.434 e. The number of para-hydroxylation sites is 1. The van der Waals surface area contributed by atoms with Crippen LogP contribution in [0.2, 0.25) is 0 Å². The van der Waals surface area contributed by atoms with Gasteiger partial charge in [-0.1, -0.05) is 24.3 Å². The first-order valence-electron chi connectivity index (χ1n) is 6.55. The normalized spacial score (nSPS) is 10.5. The van der Waals surface area contributed by atoms with Gasteiger partial charge < -0.3 is 10.1 Å². The lowest BCUT2D eigenvalue weighted by Crippen LogP contribution is -2.23. The van der Waals surface area contributed by atoms with Gasteiger partial charge in [-0.2, -0.15) is 8.78 Å². The molecular formula is C16H15F2NO2S. The third-order valence-electron chi connectivity index (χ3n) is 2.96. The van der Waals surface area contributed by atoms with Gasteiger partial charge in [-0.05, 0) is 36.1 Å². The molecule has 0 fully saturated rings. The highest BCUT2D eigenvalue weighted by Gasteiger charge is 2.14. The van der Waals surface area contributed by atoms with Crippen molar-refractivity contribution < 1.29 is 18.3 Å². The molecule has 3 nitrogen and oxygen atoms in total. The van der Waals surface area contributed by atoms with E-state index in [2.05, 4.69) is 10.1 Å². The number of hydrogen-bond donors (Lipinski definition) is 1. The number of ether oxygens (including phenoxy) is 1. The number of halogens is 2. The predicted molar refractivity (Wildman–Crippen MR) is 82.5 cm³/mol. The van der Waals surface area contributed by atoms with Gasteiger partial charge in [0.25, 0.3) is 5.91 Å². The van der Waals surface area contributed by atoms with Gasteiger partial charge in [-0.25, -0.2) is 0 Å². The second-order valence-corrected chi connectivity index (χ2v) is 5.29. The Morgan fingerprint density at radius 3 is 2.50 bits per heavy atom. The molecule has 0 aliphatic heterocycles. The minimum atomic E-state index is -2.96. The molecule has 0 saturated carbocycles. The number of benzene rings is 2. The second kappa shape index (κ2) is 7.79. The Bertz CT molecular complexity index is 632. The van der Waals surface area contributed by atoms with Gasteiger partial charge in [0.2, 0.25) is 0 Å². The number of hydrogen-bond acceptors (Lipinski definition) is 3. The Hall–Kier alpha value is -2.08. The SMILES string of the molecule is CSc1ccc(CNC(=O)c2ccccc2OC(F)F)cc1. The van der Waals surface area contributed by atoms with Crippen molar-refractivity contribution in [3.05, 3.63) is 59.7 Å². The van der Waals surface area contributed by atoms with E-state index in [4.69, 9.17) is 0 Å². The standard InChI is InChI=1S/C16H15F2NO2S/c1-22-12-8-6-11(7-9-12)10-19-15(20)13-4-2-3-5-14(13)21-16(17)18/h2-9,16H,10H2,1H3,(H,19,20). The first kappa shape index (κ1) is 16.3. The van der Waals surface area contributed by atoms with Crippen LogP contribution in [-0.4, -0.2) is 18.8 Å². The van der Waals surface area contributed by atoms with Crippen molar-refractivity contribution in [3.8, 4) is 5.75 Å². The molecule has 1 N–H and O–H groups in total. The maximum Gasteiger partial charge on any atom is 0.387 e. The lowest BCUT2D eigenvalue weighted by molar-refractivity contribution is -0.0501. The Kier molecular flexibility index (Phi) is 5.77. The predicted octanol–water partition coefficient (Wildman–Crippen LogP) is 3.94. The molecule has 0 aromatic heterocycles. The van der Waals surface area contributed by atoms with Crippen LogP contribution in [0.3, 0.4) is 0 Å². The molecule has 0 aliphatic rings. The second-order valence-electron chi connectivity index (χ2n) is 4.41. The summed E-state index contributed by atoms with van der Waals surface area (Å²) < 4.78 is 29.0. The molecule has 2 aromatic rings. The molecule has 1 amide bonds. The Balaban J connectivity index is 2.02. The monoisotopic (exact) mass is 323 g/mol. The molecule has 0 heterocycles. The summed E-state index contributed by atoms with van der Waals surface area (Å²) in [4.78, 5) is 13.2. The lowest BCUT2D eigenvalue weighted by atomic mass is 10.1.